The number of hydrogen-bond acceptors (Lipinski definition) is 4. The van der Waals surface area contributed by atoms with E-state index in [1.807, 2.05) is 6.07 Å². The highest BCUT2D eigenvalue weighted by Gasteiger charge is 2.39. The molecule has 1 aromatic carbocycles. The molecule has 2 unspecified atom stereocenters. The van der Waals surface area contributed by atoms with E-state index in [-0.39, 0.29) is 0 Å². The van der Waals surface area contributed by atoms with Gasteiger partial charge in [0.25, 0.3) is 0 Å². The van der Waals surface area contributed by atoms with Crippen molar-refractivity contribution in [1.82, 2.24) is 4.90 Å². The highest BCUT2D eigenvalue weighted by molar-refractivity contribution is 5.66. The van der Waals surface area contributed by atoms with E-state index in [0.29, 0.717) is 6.79 Å². The first kappa shape index (κ1) is 10.5. The van der Waals surface area contributed by atoms with Gasteiger partial charge in [-0.05, 0) is 31.0 Å². The van der Waals surface area contributed by atoms with E-state index in [4.69, 9.17) is 9.47 Å². The number of fused-ring (bicyclic) bond motifs is 2. The summed E-state index contributed by atoms with van der Waals surface area (Å²) in [5.74, 6) is 3.45. The fourth-order valence-electron chi connectivity index (χ4n) is 3.59. The molecule has 0 radical (unpaired) electrons. The summed E-state index contributed by atoms with van der Waals surface area (Å²) < 4.78 is 11.1. The molecule has 3 aliphatic rings. The van der Waals surface area contributed by atoms with Crippen molar-refractivity contribution in [3.63, 3.8) is 0 Å². The maximum atomic E-state index is 5.61. The van der Waals surface area contributed by atoms with E-state index in [1.165, 1.54) is 18.8 Å². The van der Waals surface area contributed by atoms with E-state index in [1.54, 1.807) is 0 Å². The van der Waals surface area contributed by atoms with Crippen LogP contribution in [0.4, 0.5) is 5.69 Å². The van der Waals surface area contributed by atoms with Gasteiger partial charge in [-0.3, -0.25) is 0 Å². The number of nitrogens with zero attached hydrogens (tertiary/aromatic N) is 2. The van der Waals surface area contributed by atoms with Crippen LogP contribution < -0.4 is 14.4 Å². The van der Waals surface area contributed by atoms with Crippen LogP contribution in [0.1, 0.15) is 0 Å². The number of benzene rings is 1. The molecular formula is C14H18N2O2. The van der Waals surface area contributed by atoms with Crippen LogP contribution in [0, 0.1) is 11.8 Å². The third kappa shape index (κ3) is 1.48. The minimum absolute atomic E-state index is 0.357. The number of rotatable bonds is 1. The second-order valence-electron chi connectivity index (χ2n) is 5.66. The van der Waals surface area contributed by atoms with Crippen molar-refractivity contribution >= 4 is 5.69 Å². The zero-order valence-electron chi connectivity index (χ0n) is 10.6. The quantitative estimate of drug-likeness (QED) is 0.748. The molecule has 0 amide bonds. The van der Waals surface area contributed by atoms with Gasteiger partial charge >= 0.3 is 0 Å². The van der Waals surface area contributed by atoms with Crippen LogP contribution in [0.3, 0.4) is 0 Å². The van der Waals surface area contributed by atoms with Crippen LogP contribution in [-0.2, 0) is 0 Å². The molecular weight excluding hydrogens is 228 g/mol. The van der Waals surface area contributed by atoms with Gasteiger partial charge in [0.2, 0.25) is 6.79 Å². The van der Waals surface area contributed by atoms with Gasteiger partial charge in [0.15, 0.2) is 11.5 Å². The maximum absolute atomic E-state index is 5.61. The average molecular weight is 246 g/mol. The Hall–Kier alpha value is -1.42. The number of anilines is 1. The van der Waals surface area contributed by atoms with Crippen LogP contribution in [0.25, 0.3) is 0 Å². The molecule has 4 heteroatoms. The van der Waals surface area contributed by atoms with Crippen molar-refractivity contribution in [3.8, 4) is 11.5 Å². The first-order chi connectivity index (χ1) is 8.81. The molecule has 0 aromatic heterocycles. The smallest absolute Gasteiger partial charge is 0.231 e. The lowest BCUT2D eigenvalue weighted by Crippen LogP contribution is -2.26. The maximum Gasteiger partial charge on any atom is 0.231 e. The van der Waals surface area contributed by atoms with Gasteiger partial charge < -0.3 is 19.3 Å². The summed E-state index contributed by atoms with van der Waals surface area (Å²) >= 11 is 0. The van der Waals surface area contributed by atoms with E-state index in [9.17, 15) is 0 Å². The predicted octanol–water partition coefficient (Wildman–Crippen LogP) is 1.41. The van der Waals surface area contributed by atoms with E-state index >= 15 is 0 Å². The molecule has 4 nitrogen and oxygen atoms in total. The number of para-hydroxylation sites is 1. The van der Waals surface area contributed by atoms with E-state index in [2.05, 4.69) is 29.0 Å². The van der Waals surface area contributed by atoms with Crippen LogP contribution >= 0.6 is 0 Å². The Morgan fingerprint density at radius 2 is 1.83 bits per heavy atom. The molecule has 2 atom stereocenters. The zero-order chi connectivity index (χ0) is 12.1. The third-order valence-electron chi connectivity index (χ3n) is 4.39. The first-order valence-corrected chi connectivity index (χ1v) is 6.63. The summed E-state index contributed by atoms with van der Waals surface area (Å²) in [4.78, 5) is 4.91. The van der Waals surface area contributed by atoms with Crippen molar-refractivity contribution in [2.24, 2.45) is 11.8 Å². The molecule has 3 heterocycles. The highest BCUT2D eigenvalue weighted by Crippen LogP contribution is 2.44. The van der Waals surface area contributed by atoms with Crippen LogP contribution in [0.5, 0.6) is 11.5 Å². The summed E-state index contributed by atoms with van der Waals surface area (Å²) in [6, 6.07) is 6.19. The topological polar surface area (TPSA) is 24.9 Å². The minimum atomic E-state index is 0.357. The summed E-state index contributed by atoms with van der Waals surface area (Å²) in [5.41, 5.74) is 1.21. The second-order valence-corrected chi connectivity index (χ2v) is 5.66. The lowest BCUT2D eigenvalue weighted by atomic mass is 10.0. The molecule has 0 spiro atoms. The standard InChI is InChI=1S/C14H18N2O2/c1-15-5-10-7-16(8-11(10)6-15)12-3-2-4-13-14(12)18-9-17-13/h2-4,10-11H,5-9H2,1H3. The van der Waals surface area contributed by atoms with Crippen LogP contribution in [0.2, 0.25) is 0 Å². The third-order valence-corrected chi connectivity index (χ3v) is 4.39. The van der Waals surface area contributed by atoms with Crippen molar-refractivity contribution < 1.29 is 9.47 Å². The monoisotopic (exact) mass is 246 g/mol. The Labute approximate surface area is 107 Å². The fourth-order valence-corrected chi connectivity index (χ4v) is 3.59. The van der Waals surface area contributed by atoms with Crippen molar-refractivity contribution in [2.75, 3.05) is 44.9 Å². The minimum Gasteiger partial charge on any atom is -0.454 e. The zero-order valence-corrected chi connectivity index (χ0v) is 10.6. The molecule has 0 bridgehead atoms. The van der Waals surface area contributed by atoms with Gasteiger partial charge in [-0.1, -0.05) is 6.07 Å². The van der Waals surface area contributed by atoms with Crippen LogP contribution in [0.15, 0.2) is 18.2 Å². The van der Waals surface area contributed by atoms with Crippen LogP contribution in [-0.4, -0.2) is 44.9 Å². The molecule has 2 saturated heterocycles. The molecule has 4 rings (SSSR count). The lowest BCUT2D eigenvalue weighted by Gasteiger charge is -2.22. The van der Waals surface area contributed by atoms with E-state index < -0.39 is 0 Å². The lowest BCUT2D eigenvalue weighted by molar-refractivity contribution is 0.174. The van der Waals surface area contributed by atoms with Crippen molar-refractivity contribution in [3.05, 3.63) is 18.2 Å². The molecule has 18 heavy (non-hydrogen) atoms. The van der Waals surface area contributed by atoms with Gasteiger partial charge in [-0.2, -0.15) is 0 Å². The molecule has 0 saturated carbocycles. The number of ether oxygens (including phenoxy) is 2. The number of likely N-dealkylation sites (tertiary alicyclic amines) is 1. The summed E-state index contributed by atoms with van der Waals surface area (Å²) in [6.07, 6.45) is 0. The summed E-state index contributed by atoms with van der Waals surface area (Å²) in [6.45, 7) is 5.11. The molecule has 0 aliphatic carbocycles. The van der Waals surface area contributed by atoms with Gasteiger partial charge in [-0.25, -0.2) is 0 Å². The Kier molecular flexibility index (Phi) is 2.21. The summed E-state index contributed by atoms with van der Waals surface area (Å²) in [7, 11) is 2.22. The highest BCUT2D eigenvalue weighted by atomic mass is 16.7. The van der Waals surface area contributed by atoms with Gasteiger partial charge in [-0.15, -0.1) is 0 Å². The van der Waals surface area contributed by atoms with Gasteiger partial charge in [0.05, 0.1) is 5.69 Å². The predicted molar refractivity (Wildman–Crippen MR) is 69.3 cm³/mol. The largest absolute Gasteiger partial charge is 0.454 e. The molecule has 1 aromatic rings. The van der Waals surface area contributed by atoms with Gasteiger partial charge in [0.1, 0.15) is 0 Å². The normalized spacial score (nSPS) is 29.9. The van der Waals surface area contributed by atoms with Crippen molar-refractivity contribution in [1.29, 1.82) is 0 Å². The Bertz CT molecular complexity index is 463. The SMILES string of the molecule is CN1CC2CN(c3cccc4c3OCO4)CC2C1. The fraction of sp³-hybridized carbons (Fsp3) is 0.571. The summed E-state index contributed by atoms with van der Waals surface area (Å²) in [5, 5.41) is 0. The van der Waals surface area contributed by atoms with E-state index in [0.717, 1.165) is 36.4 Å². The second kappa shape index (κ2) is 3.79. The Morgan fingerprint density at radius 1 is 1.06 bits per heavy atom. The first-order valence-electron chi connectivity index (χ1n) is 6.63. The molecule has 96 valence electrons. The average Bonchev–Trinajstić information content (AvgIpc) is 3.00. The van der Waals surface area contributed by atoms with Gasteiger partial charge in [0, 0.05) is 26.2 Å². The molecule has 0 N–H and O–H groups in total. The Morgan fingerprint density at radius 3 is 2.61 bits per heavy atom. The molecule has 2 fully saturated rings. The number of hydrogen-bond donors (Lipinski definition) is 0. The van der Waals surface area contributed by atoms with Crippen molar-refractivity contribution in [2.45, 2.75) is 0 Å². The Balaban J connectivity index is 1.61. The molecule has 3 aliphatic heterocycles.